The Hall–Kier alpha value is -0.610. The van der Waals surface area contributed by atoms with E-state index in [1.54, 1.807) is 0 Å². The predicted octanol–water partition coefficient (Wildman–Crippen LogP) is 3.26. The molecule has 0 bridgehead atoms. The van der Waals surface area contributed by atoms with Gasteiger partial charge in [0.25, 0.3) is 0 Å². The Morgan fingerprint density at radius 3 is 2.68 bits per heavy atom. The van der Waals surface area contributed by atoms with Crippen LogP contribution in [0.15, 0.2) is 24.3 Å². The van der Waals surface area contributed by atoms with Gasteiger partial charge in [0.1, 0.15) is 0 Å². The largest absolute Gasteiger partial charge is 0.379 e. The van der Waals surface area contributed by atoms with E-state index < -0.39 is 0 Å². The highest BCUT2D eigenvalue weighted by Gasteiger charge is 1.98. The molecule has 0 aromatic heterocycles. The molecule has 0 saturated heterocycles. The number of hydrogen-bond donors (Lipinski definition) is 1. The van der Waals surface area contributed by atoms with Crippen LogP contribution in [0.1, 0.15) is 25.8 Å². The van der Waals surface area contributed by atoms with E-state index in [4.69, 9.17) is 21.1 Å². The lowest BCUT2D eigenvalue weighted by Gasteiger charge is -2.09. The zero-order valence-corrected chi connectivity index (χ0v) is 12.6. The van der Waals surface area contributed by atoms with Gasteiger partial charge in [0.05, 0.1) is 19.3 Å². The maximum absolute atomic E-state index is 6.04. The summed E-state index contributed by atoms with van der Waals surface area (Å²) >= 11 is 6.04. The molecule has 0 unspecified atom stereocenters. The van der Waals surface area contributed by atoms with Gasteiger partial charge in [-0.3, -0.25) is 0 Å². The van der Waals surface area contributed by atoms with Crippen molar-refractivity contribution < 1.29 is 9.47 Å². The number of halogens is 1. The van der Waals surface area contributed by atoms with Gasteiger partial charge in [-0.15, -0.1) is 0 Å². The van der Waals surface area contributed by atoms with E-state index in [1.807, 2.05) is 24.3 Å². The molecule has 1 N–H and O–H groups in total. The highest BCUT2D eigenvalue weighted by Crippen LogP contribution is 2.15. The van der Waals surface area contributed by atoms with Gasteiger partial charge >= 0.3 is 0 Å². The number of hydrogen-bond acceptors (Lipinski definition) is 3. The summed E-state index contributed by atoms with van der Waals surface area (Å²) in [5, 5.41) is 4.09. The van der Waals surface area contributed by atoms with Gasteiger partial charge in [-0.05, 0) is 38.4 Å². The van der Waals surface area contributed by atoms with Crippen molar-refractivity contribution in [3.8, 4) is 0 Å². The van der Waals surface area contributed by atoms with Crippen molar-refractivity contribution in [2.75, 3.05) is 26.3 Å². The molecule has 1 aromatic rings. The van der Waals surface area contributed by atoms with Crippen LogP contribution in [-0.4, -0.2) is 32.4 Å². The molecule has 0 aliphatic rings. The first-order valence-corrected chi connectivity index (χ1v) is 7.21. The normalized spacial score (nSPS) is 11.2. The Labute approximate surface area is 121 Å². The summed E-state index contributed by atoms with van der Waals surface area (Å²) in [5.41, 5.74) is 1.04. The molecule has 3 nitrogen and oxygen atoms in total. The lowest BCUT2D eigenvalue weighted by molar-refractivity contribution is 0.0761. The molecule has 1 aromatic carbocycles. The maximum atomic E-state index is 6.04. The van der Waals surface area contributed by atoms with Crippen LogP contribution in [0, 0.1) is 0 Å². The smallest absolute Gasteiger partial charge is 0.0731 e. The Kier molecular flexibility index (Phi) is 8.84. The Morgan fingerprint density at radius 2 is 1.95 bits per heavy atom. The van der Waals surface area contributed by atoms with E-state index in [1.165, 1.54) is 0 Å². The first-order valence-electron chi connectivity index (χ1n) is 6.83. The topological polar surface area (TPSA) is 30.5 Å². The van der Waals surface area contributed by atoms with E-state index in [9.17, 15) is 0 Å². The maximum Gasteiger partial charge on any atom is 0.0731 e. The Bertz CT molecular complexity index is 345. The van der Waals surface area contributed by atoms with Crippen molar-refractivity contribution in [1.82, 2.24) is 5.32 Å². The zero-order valence-electron chi connectivity index (χ0n) is 11.8. The van der Waals surface area contributed by atoms with Gasteiger partial charge in [-0.25, -0.2) is 0 Å². The van der Waals surface area contributed by atoms with Crippen molar-refractivity contribution in [2.45, 2.75) is 33.0 Å². The summed E-state index contributed by atoms with van der Waals surface area (Å²) in [6.45, 7) is 7.99. The second kappa shape index (κ2) is 10.2. The first kappa shape index (κ1) is 16.4. The van der Waals surface area contributed by atoms with Crippen molar-refractivity contribution in [2.24, 2.45) is 0 Å². The van der Waals surface area contributed by atoms with Crippen LogP contribution in [0.5, 0.6) is 0 Å². The summed E-state index contributed by atoms with van der Waals surface area (Å²) in [6.07, 6.45) is 1.35. The third kappa shape index (κ3) is 8.22. The highest BCUT2D eigenvalue weighted by molar-refractivity contribution is 6.31. The minimum Gasteiger partial charge on any atom is -0.379 e. The number of ether oxygens (including phenoxy) is 2. The minimum absolute atomic E-state index is 0.318. The molecule has 0 spiro atoms. The SMILES string of the molecule is CC(C)OCCCNCCOCc1ccccc1Cl. The van der Waals surface area contributed by atoms with Gasteiger partial charge in [0.15, 0.2) is 0 Å². The molecule has 108 valence electrons. The van der Waals surface area contributed by atoms with Crippen molar-refractivity contribution >= 4 is 11.6 Å². The third-order valence-corrected chi connectivity index (χ3v) is 2.96. The molecule has 0 amide bonds. The average Bonchev–Trinajstić information content (AvgIpc) is 2.38. The van der Waals surface area contributed by atoms with E-state index in [0.29, 0.717) is 19.3 Å². The van der Waals surface area contributed by atoms with Gasteiger partial charge in [-0.2, -0.15) is 0 Å². The molecule has 0 saturated carbocycles. The van der Waals surface area contributed by atoms with Crippen LogP contribution in [0.2, 0.25) is 5.02 Å². The predicted molar refractivity (Wildman–Crippen MR) is 79.7 cm³/mol. The fourth-order valence-corrected chi connectivity index (χ4v) is 1.77. The molecular formula is C15H24ClNO2. The molecule has 0 aliphatic heterocycles. The summed E-state index contributed by atoms with van der Waals surface area (Å²) in [6, 6.07) is 7.76. The fourth-order valence-electron chi connectivity index (χ4n) is 1.58. The van der Waals surface area contributed by atoms with Crippen molar-refractivity contribution in [3.05, 3.63) is 34.9 Å². The molecule has 4 heteroatoms. The first-order chi connectivity index (χ1) is 9.20. The lowest BCUT2D eigenvalue weighted by Crippen LogP contribution is -2.22. The van der Waals surface area contributed by atoms with E-state index in [0.717, 1.165) is 36.7 Å². The van der Waals surface area contributed by atoms with Gasteiger partial charge < -0.3 is 14.8 Å². The quantitative estimate of drug-likeness (QED) is 0.669. The molecule has 0 atom stereocenters. The molecule has 19 heavy (non-hydrogen) atoms. The number of benzene rings is 1. The standard InChI is InChI=1S/C15H24ClNO2/c1-13(2)19-10-5-8-17-9-11-18-12-14-6-3-4-7-15(14)16/h3-4,6-7,13,17H,5,8-12H2,1-2H3. The highest BCUT2D eigenvalue weighted by atomic mass is 35.5. The Balaban J connectivity index is 1.93. The van der Waals surface area contributed by atoms with Crippen LogP contribution in [0.3, 0.4) is 0 Å². The molecular weight excluding hydrogens is 262 g/mol. The monoisotopic (exact) mass is 285 g/mol. The molecule has 1 rings (SSSR count). The fraction of sp³-hybridized carbons (Fsp3) is 0.600. The third-order valence-electron chi connectivity index (χ3n) is 2.59. The van der Waals surface area contributed by atoms with E-state index >= 15 is 0 Å². The summed E-state index contributed by atoms with van der Waals surface area (Å²) in [4.78, 5) is 0. The lowest BCUT2D eigenvalue weighted by atomic mass is 10.2. The minimum atomic E-state index is 0.318. The molecule has 0 aliphatic carbocycles. The van der Waals surface area contributed by atoms with Crippen LogP contribution >= 0.6 is 11.6 Å². The summed E-state index contributed by atoms with van der Waals surface area (Å²) in [7, 11) is 0. The summed E-state index contributed by atoms with van der Waals surface area (Å²) in [5.74, 6) is 0. The van der Waals surface area contributed by atoms with Crippen LogP contribution in [0.4, 0.5) is 0 Å². The van der Waals surface area contributed by atoms with E-state index in [-0.39, 0.29) is 0 Å². The van der Waals surface area contributed by atoms with Gasteiger partial charge in [-0.1, -0.05) is 29.8 Å². The van der Waals surface area contributed by atoms with Crippen LogP contribution < -0.4 is 5.32 Å². The zero-order chi connectivity index (χ0) is 13.9. The molecule has 0 heterocycles. The number of nitrogens with one attached hydrogen (secondary N) is 1. The van der Waals surface area contributed by atoms with Gasteiger partial charge in [0, 0.05) is 18.2 Å². The van der Waals surface area contributed by atoms with Gasteiger partial charge in [0.2, 0.25) is 0 Å². The van der Waals surface area contributed by atoms with Crippen LogP contribution in [-0.2, 0) is 16.1 Å². The summed E-state index contributed by atoms with van der Waals surface area (Å²) < 4.78 is 11.0. The van der Waals surface area contributed by atoms with E-state index in [2.05, 4.69) is 19.2 Å². The second-order valence-corrected chi connectivity index (χ2v) is 5.07. The number of rotatable bonds is 10. The Morgan fingerprint density at radius 1 is 1.16 bits per heavy atom. The van der Waals surface area contributed by atoms with Crippen LogP contribution in [0.25, 0.3) is 0 Å². The average molecular weight is 286 g/mol. The van der Waals surface area contributed by atoms with Crippen molar-refractivity contribution in [1.29, 1.82) is 0 Å². The molecule has 0 fully saturated rings. The van der Waals surface area contributed by atoms with Crippen molar-refractivity contribution in [3.63, 3.8) is 0 Å². The second-order valence-electron chi connectivity index (χ2n) is 4.67. The molecule has 0 radical (unpaired) electrons.